The van der Waals surface area contributed by atoms with Crippen LogP contribution in [0.1, 0.15) is 12.2 Å². The first-order valence-electron chi connectivity index (χ1n) is 4.86. The van der Waals surface area contributed by atoms with E-state index in [0.29, 0.717) is 24.6 Å². The summed E-state index contributed by atoms with van der Waals surface area (Å²) in [5, 5.41) is 2.90. The Hall–Kier alpha value is -1.37. The van der Waals surface area contributed by atoms with Crippen molar-refractivity contribution >= 4 is 15.7 Å². The minimum Gasteiger partial charge on any atom is -0.370 e. The minimum atomic E-state index is -2.92. The summed E-state index contributed by atoms with van der Waals surface area (Å²) in [6, 6.07) is 1.34. The van der Waals surface area contributed by atoms with Crippen LogP contribution in [-0.4, -0.2) is 36.9 Å². The fourth-order valence-corrected chi connectivity index (χ4v) is 1.89. The molecule has 6 nitrogen and oxygen atoms in total. The van der Waals surface area contributed by atoms with Crippen molar-refractivity contribution in [2.24, 2.45) is 0 Å². The van der Waals surface area contributed by atoms with E-state index in [2.05, 4.69) is 15.3 Å². The van der Waals surface area contributed by atoms with Gasteiger partial charge in [-0.15, -0.1) is 0 Å². The van der Waals surface area contributed by atoms with Gasteiger partial charge in [0.05, 0.1) is 5.75 Å². The number of aromatic nitrogens is 2. The minimum absolute atomic E-state index is 0.127. The maximum Gasteiger partial charge on any atom is 0.252 e. The highest BCUT2D eigenvalue weighted by Crippen LogP contribution is 1.98. The van der Waals surface area contributed by atoms with E-state index in [4.69, 9.17) is 0 Å². The van der Waals surface area contributed by atoms with Crippen LogP contribution in [-0.2, 0) is 9.84 Å². The van der Waals surface area contributed by atoms with Crippen LogP contribution in [0.2, 0.25) is 0 Å². The molecule has 0 fully saturated rings. The summed E-state index contributed by atoms with van der Waals surface area (Å²) < 4.78 is 21.7. The Labute approximate surface area is 94.0 Å². The molecule has 0 radical (unpaired) electrons. The molecule has 0 aliphatic rings. The second-order valence-corrected chi connectivity index (χ2v) is 5.89. The van der Waals surface area contributed by atoms with Crippen LogP contribution in [0.4, 0.5) is 5.82 Å². The Morgan fingerprint density at radius 1 is 1.50 bits per heavy atom. The van der Waals surface area contributed by atoms with E-state index in [1.54, 1.807) is 6.92 Å². The first-order chi connectivity index (χ1) is 7.37. The van der Waals surface area contributed by atoms with Crippen molar-refractivity contribution in [2.45, 2.75) is 13.3 Å². The normalized spacial score (nSPS) is 11.4. The molecule has 0 aliphatic heterocycles. The summed E-state index contributed by atoms with van der Waals surface area (Å²) >= 11 is 0. The SMILES string of the molecule is Cc1nc(NCCCS(C)(=O)=O)cc(=O)[nH]1. The number of nitrogens with one attached hydrogen (secondary N) is 2. The van der Waals surface area contributed by atoms with Crippen LogP contribution >= 0.6 is 0 Å². The molecule has 0 bridgehead atoms. The number of rotatable bonds is 5. The van der Waals surface area contributed by atoms with Gasteiger partial charge in [-0.25, -0.2) is 13.4 Å². The molecule has 1 aromatic rings. The van der Waals surface area contributed by atoms with Gasteiger partial charge in [-0.2, -0.15) is 0 Å². The largest absolute Gasteiger partial charge is 0.370 e. The number of aromatic amines is 1. The zero-order valence-corrected chi connectivity index (χ0v) is 10.1. The van der Waals surface area contributed by atoms with Crippen molar-refractivity contribution < 1.29 is 8.42 Å². The van der Waals surface area contributed by atoms with Crippen molar-refractivity contribution in [2.75, 3.05) is 23.9 Å². The van der Waals surface area contributed by atoms with E-state index in [-0.39, 0.29) is 11.3 Å². The first-order valence-corrected chi connectivity index (χ1v) is 6.92. The van der Waals surface area contributed by atoms with E-state index in [0.717, 1.165) is 0 Å². The molecule has 1 aromatic heterocycles. The van der Waals surface area contributed by atoms with Gasteiger partial charge in [-0.3, -0.25) is 4.79 Å². The standard InChI is InChI=1S/C9H15N3O3S/c1-7-11-8(6-9(13)12-7)10-4-3-5-16(2,14)15/h6H,3-5H2,1-2H3,(H2,10,11,12,13). The van der Waals surface area contributed by atoms with Gasteiger partial charge in [0.1, 0.15) is 21.5 Å². The predicted octanol–water partition coefficient (Wildman–Crippen LogP) is -0.0751. The molecule has 0 aromatic carbocycles. The molecule has 7 heteroatoms. The molecular weight excluding hydrogens is 230 g/mol. The molecule has 16 heavy (non-hydrogen) atoms. The molecule has 2 N–H and O–H groups in total. The van der Waals surface area contributed by atoms with Crippen LogP contribution in [0.3, 0.4) is 0 Å². The average Bonchev–Trinajstić information content (AvgIpc) is 2.09. The van der Waals surface area contributed by atoms with E-state index < -0.39 is 9.84 Å². The Bertz CT molecular complexity index is 507. The number of nitrogens with zero attached hydrogens (tertiary/aromatic N) is 1. The van der Waals surface area contributed by atoms with Gasteiger partial charge in [0.25, 0.3) is 5.56 Å². The number of H-pyrrole nitrogens is 1. The summed E-state index contributed by atoms with van der Waals surface area (Å²) in [6.07, 6.45) is 1.69. The van der Waals surface area contributed by atoms with Crippen LogP contribution in [0.5, 0.6) is 0 Å². The molecular formula is C9H15N3O3S. The molecule has 1 rings (SSSR count). The fourth-order valence-electron chi connectivity index (χ4n) is 1.22. The Morgan fingerprint density at radius 2 is 2.19 bits per heavy atom. The lowest BCUT2D eigenvalue weighted by atomic mass is 10.4. The van der Waals surface area contributed by atoms with Gasteiger partial charge < -0.3 is 10.3 Å². The lowest BCUT2D eigenvalue weighted by Gasteiger charge is -2.04. The second kappa shape index (κ2) is 5.11. The lowest BCUT2D eigenvalue weighted by molar-refractivity contribution is 0.600. The predicted molar refractivity (Wildman–Crippen MR) is 62.4 cm³/mol. The van der Waals surface area contributed by atoms with Gasteiger partial charge in [0.15, 0.2) is 0 Å². The zero-order chi connectivity index (χ0) is 12.2. The molecule has 0 spiro atoms. The third kappa shape index (κ3) is 4.92. The molecule has 0 atom stereocenters. The van der Waals surface area contributed by atoms with E-state index in [1.807, 2.05) is 0 Å². The molecule has 90 valence electrons. The molecule has 0 saturated carbocycles. The summed E-state index contributed by atoms with van der Waals surface area (Å²) in [7, 11) is -2.92. The number of hydrogen-bond acceptors (Lipinski definition) is 5. The van der Waals surface area contributed by atoms with Crippen molar-refractivity contribution in [1.82, 2.24) is 9.97 Å². The topological polar surface area (TPSA) is 91.9 Å². The number of sulfone groups is 1. The summed E-state index contributed by atoms with van der Waals surface area (Å²) in [5.41, 5.74) is -0.224. The maximum absolute atomic E-state index is 11.1. The van der Waals surface area contributed by atoms with Gasteiger partial charge in [-0.1, -0.05) is 0 Å². The Kier molecular flexibility index (Phi) is 4.05. The first kappa shape index (κ1) is 12.7. The van der Waals surface area contributed by atoms with Gasteiger partial charge in [-0.05, 0) is 13.3 Å². The molecule has 1 heterocycles. The highest BCUT2D eigenvalue weighted by molar-refractivity contribution is 7.90. The number of anilines is 1. The monoisotopic (exact) mass is 245 g/mol. The van der Waals surface area contributed by atoms with Crippen molar-refractivity contribution in [3.8, 4) is 0 Å². The van der Waals surface area contributed by atoms with Gasteiger partial charge in [0.2, 0.25) is 0 Å². The summed E-state index contributed by atoms with van der Waals surface area (Å²) in [6.45, 7) is 2.16. The van der Waals surface area contributed by atoms with Crippen LogP contribution < -0.4 is 10.9 Å². The highest BCUT2D eigenvalue weighted by atomic mass is 32.2. The van der Waals surface area contributed by atoms with Crippen molar-refractivity contribution in [3.05, 3.63) is 22.2 Å². The average molecular weight is 245 g/mol. The van der Waals surface area contributed by atoms with Crippen molar-refractivity contribution in [3.63, 3.8) is 0 Å². The summed E-state index contributed by atoms with van der Waals surface area (Å²) in [5.74, 6) is 1.12. The van der Waals surface area contributed by atoms with E-state index in [9.17, 15) is 13.2 Å². The van der Waals surface area contributed by atoms with E-state index in [1.165, 1.54) is 12.3 Å². The molecule has 0 aliphatic carbocycles. The Balaban J connectivity index is 2.46. The lowest BCUT2D eigenvalue weighted by Crippen LogP contribution is -2.14. The van der Waals surface area contributed by atoms with Crippen molar-refractivity contribution in [1.29, 1.82) is 0 Å². The quantitative estimate of drug-likeness (QED) is 0.708. The molecule has 0 unspecified atom stereocenters. The molecule has 0 saturated heterocycles. The number of hydrogen-bond donors (Lipinski definition) is 2. The van der Waals surface area contributed by atoms with Gasteiger partial charge >= 0.3 is 0 Å². The third-order valence-electron chi connectivity index (χ3n) is 1.86. The third-order valence-corrected chi connectivity index (χ3v) is 2.89. The van der Waals surface area contributed by atoms with Crippen LogP contribution in [0.15, 0.2) is 10.9 Å². The van der Waals surface area contributed by atoms with Crippen LogP contribution in [0, 0.1) is 6.92 Å². The van der Waals surface area contributed by atoms with Crippen LogP contribution in [0.25, 0.3) is 0 Å². The smallest absolute Gasteiger partial charge is 0.252 e. The molecule has 0 amide bonds. The second-order valence-electron chi connectivity index (χ2n) is 3.63. The fraction of sp³-hybridized carbons (Fsp3) is 0.556. The van der Waals surface area contributed by atoms with Gasteiger partial charge in [0, 0.05) is 18.9 Å². The number of aryl methyl sites for hydroxylation is 1. The summed E-state index contributed by atoms with van der Waals surface area (Å²) in [4.78, 5) is 17.6. The Morgan fingerprint density at radius 3 is 2.75 bits per heavy atom. The zero-order valence-electron chi connectivity index (χ0n) is 9.28. The highest BCUT2D eigenvalue weighted by Gasteiger charge is 2.02. The van der Waals surface area contributed by atoms with E-state index >= 15 is 0 Å². The maximum atomic E-state index is 11.1.